The number of hydrogen-bond acceptors (Lipinski definition) is 2. The maximum Gasteiger partial charge on any atom is 0.120 e. The van der Waals surface area contributed by atoms with Crippen LogP contribution in [-0.4, -0.2) is 5.11 Å². The van der Waals surface area contributed by atoms with Crippen molar-refractivity contribution in [2.45, 2.75) is 39.8 Å². The van der Waals surface area contributed by atoms with Crippen LogP contribution in [0.1, 0.15) is 48.2 Å². The third-order valence-electron chi connectivity index (χ3n) is 3.80. The molecule has 2 unspecified atom stereocenters. The van der Waals surface area contributed by atoms with E-state index in [1.165, 1.54) is 11.1 Å². The topological polar surface area (TPSA) is 32.3 Å². The van der Waals surface area contributed by atoms with Gasteiger partial charge in [0, 0.05) is 17.6 Å². The number of nitrogens with one attached hydrogen (secondary N) is 1. The Kier molecular flexibility index (Phi) is 4.46. The molecule has 0 bridgehead atoms. The van der Waals surface area contributed by atoms with Gasteiger partial charge in [0.1, 0.15) is 5.75 Å². The monoisotopic (exact) mass is 269 g/mol. The Morgan fingerprint density at radius 3 is 2.25 bits per heavy atom. The van der Waals surface area contributed by atoms with E-state index in [2.05, 4.69) is 50.4 Å². The number of benzene rings is 2. The molecule has 2 aromatic carbocycles. The molecule has 0 radical (unpaired) electrons. The predicted molar refractivity (Wildman–Crippen MR) is 84.0 cm³/mol. The number of rotatable bonds is 4. The highest BCUT2D eigenvalue weighted by Gasteiger charge is 2.15. The lowest BCUT2D eigenvalue weighted by atomic mass is 9.99. The standard InChI is InChI=1S/C18H23NO/c1-12-9-10-18(20)17(11-12)15(4)19-14(3)16-8-6-5-7-13(16)2/h5-11,14-15,19-20H,1-4H3. The van der Waals surface area contributed by atoms with Crippen LogP contribution in [0.4, 0.5) is 0 Å². The molecule has 0 aliphatic rings. The molecule has 2 rings (SSSR count). The first kappa shape index (κ1) is 14.6. The lowest BCUT2D eigenvalue weighted by molar-refractivity contribution is 0.438. The zero-order chi connectivity index (χ0) is 14.7. The molecule has 0 heterocycles. The van der Waals surface area contributed by atoms with E-state index in [9.17, 15) is 5.11 Å². The molecular formula is C18H23NO. The molecule has 0 amide bonds. The molecule has 0 spiro atoms. The molecule has 0 aliphatic carbocycles. The quantitative estimate of drug-likeness (QED) is 0.861. The first-order chi connectivity index (χ1) is 9.49. The van der Waals surface area contributed by atoms with Gasteiger partial charge in [0.05, 0.1) is 0 Å². The molecular weight excluding hydrogens is 246 g/mol. The molecule has 0 saturated heterocycles. The largest absolute Gasteiger partial charge is 0.508 e. The molecule has 2 aromatic rings. The van der Waals surface area contributed by atoms with Crippen molar-refractivity contribution in [1.82, 2.24) is 5.32 Å². The van der Waals surface area contributed by atoms with Crippen LogP contribution in [0.15, 0.2) is 42.5 Å². The van der Waals surface area contributed by atoms with Gasteiger partial charge in [-0.3, -0.25) is 0 Å². The summed E-state index contributed by atoms with van der Waals surface area (Å²) in [7, 11) is 0. The molecule has 0 aromatic heterocycles. The van der Waals surface area contributed by atoms with Gasteiger partial charge < -0.3 is 10.4 Å². The van der Waals surface area contributed by atoms with E-state index in [-0.39, 0.29) is 12.1 Å². The number of phenols is 1. The smallest absolute Gasteiger partial charge is 0.120 e. The summed E-state index contributed by atoms with van der Waals surface area (Å²) in [4.78, 5) is 0. The Balaban J connectivity index is 2.17. The van der Waals surface area contributed by atoms with E-state index in [0.717, 1.165) is 11.1 Å². The average molecular weight is 269 g/mol. The highest BCUT2D eigenvalue weighted by molar-refractivity contribution is 5.38. The highest BCUT2D eigenvalue weighted by Crippen LogP contribution is 2.27. The van der Waals surface area contributed by atoms with Crippen molar-refractivity contribution in [3.63, 3.8) is 0 Å². The van der Waals surface area contributed by atoms with Gasteiger partial charge in [-0.15, -0.1) is 0 Å². The normalized spacial score (nSPS) is 14.0. The van der Waals surface area contributed by atoms with Crippen molar-refractivity contribution in [1.29, 1.82) is 0 Å². The van der Waals surface area contributed by atoms with Crippen molar-refractivity contribution in [3.05, 3.63) is 64.7 Å². The Morgan fingerprint density at radius 1 is 0.900 bits per heavy atom. The van der Waals surface area contributed by atoms with E-state index in [0.29, 0.717) is 5.75 Å². The summed E-state index contributed by atoms with van der Waals surface area (Å²) in [6.07, 6.45) is 0. The van der Waals surface area contributed by atoms with Crippen LogP contribution in [0.3, 0.4) is 0 Å². The minimum Gasteiger partial charge on any atom is -0.508 e. The maximum atomic E-state index is 10.0. The summed E-state index contributed by atoms with van der Waals surface area (Å²) in [5, 5.41) is 13.6. The van der Waals surface area contributed by atoms with Crippen molar-refractivity contribution in [2.24, 2.45) is 0 Å². The van der Waals surface area contributed by atoms with Crippen LogP contribution < -0.4 is 5.32 Å². The predicted octanol–water partition coefficient (Wildman–Crippen LogP) is 4.42. The van der Waals surface area contributed by atoms with Gasteiger partial charge >= 0.3 is 0 Å². The van der Waals surface area contributed by atoms with E-state index >= 15 is 0 Å². The van der Waals surface area contributed by atoms with Gasteiger partial charge in [-0.25, -0.2) is 0 Å². The zero-order valence-corrected chi connectivity index (χ0v) is 12.6. The second-order valence-corrected chi connectivity index (χ2v) is 5.53. The summed E-state index contributed by atoms with van der Waals surface area (Å²) in [5.41, 5.74) is 4.69. The molecule has 106 valence electrons. The summed E-state index contributed by atoms with van der Waals surface area (Å²) in [5.74, 6) is 0.354. The Bertz CT molecular complexity index is 592. The number of phenolic OH excluding ortho intramolecular Hbond substituents is 1. The lowest BCUT2D eigenvalue weighted by Gasteiger charge is -2.23. The first-order valence-electron chi connectivity index (χ1n) is 7.10. The molecule has 0 saturated carbocycles. The van der Waals surface area contributed by atoms with Crippen LogP contribution in [0.25, 0.3) is 0 Å². The third-order valence-corrected chi connectivity index (χ3v) is 3.80. The molecule has 0 aliphatic heterocycles. The van der Waals surface area contributed by atoms with Crippen molar-refractivity contribution in [2.75, 3.05) is 0 Å². The fourth-order valence-corrected chi connectivity index (χ4v) is 2.65. The summed E-state index contributed by atoms with van der Waals surface area (Å²) < 4.78 is 0. The fourth-order valence-electron chi connectivity index (χ4n) is 2.65. The minimum atomic E-state index is 0.101. The van der Waals surface area contributed by atoms with Crippen LogP contribution in [0, 0.1) is 13.8 Å². The van der Waals surface area contributed by atoms with Gasteiger partial charge in [0.25, 0.3) is 0 Å². The molecule has 0 fully saturated rings. The SMILES string of the molecule is Cc1ccc(O)c(C(C)NC(C)c2ccccc2C)c1. The maximum absolute atomic E-state index is 10.0. The Hall–Kier alpha value is -1.80. The summed E-state index contributed by atoms with van der Waals surface area (Å²) in [6.45, 7) is 8.41. The van der Waals surface area contributed by atoms with Crippen LogP contribution in [0.5, 0.6) is 5.75 Å². The Morgan fingerprint density at radius 2 is 1.55 bits per heavy atom. The first-order valence-corrected chi connectivity index (χ1v) is 7.10. The number of aromatic hydroxyl groups is 1. The molecule has 2 N–H and O–H groups in total. The average Bonchev–Trinajstić information content (AvgIpc) is 2.41. The van der Waals surface area contributed by atoms with Gasteiger partial charge in [-0.2, -0.15) is 0 Å². The third kappa shape index (κ3) is 3.20. The molecule has 2 nitrogen and oxygen atoms in total. The highest BCUT2D eigenvalue weighted by atomic mass is 16.3. The number of hydrogen-bond donors (Lipinski definition) is 2. The van der Waals surface area contributed by atoms with E-state index in [1.54, 1.807) is 6.07 Å². The zero-order valence-electron chi connectivity index (χ0n) is 12.6. The van der Waals surface area contributed by atoms with Crippen molar-refractivity contribution < 1.29 is 5.11 Å². The fraction of sp³-hybridized carbons (Fsp3) is 0.333. The van der Waals surface area contributed by atoms with Gasteiger partial charge in [-0.1, -0.05) is 42.0 Å². The van der Waals surface area contributed by atoms with Crippen molar-refractivity contribution >= 4 is 0 Å². The molecule has 2 atom stereocenters. The van der Waals surface area contributed by atoms with Gasteiger partial charge in [-0.05, 0) is 44.9 Å². The van der Waals surface area contributed by atoms with Crippen LogP contribution in [-0.2, 0) is 0 Å². The van der Waals surface area contributed by atoms with E-state index in [1.807, 2.05) is 19.1 Å². The Labute approximate surface area is 121 Å². The number of aryl methyl sites for hydroxylation is 2. The van der Waals surface area contributed by atoms with E-state index < -0.39 is 0 Å². The van der Waals surface area contributed by atoms with Gasteiger partial charge in [0.2, 0.25) is 0 Å². The second-order valence-electron chi connectivity index (χ2n) is 5.53. The van der Waals surface area contributed by atoms with E-state index in [4.69, 9.17) is 0 Å². The summed E-state index contributed by atoms with van der Waals surface area (Å²) >= 11 is 0. The van der Waals surface area contributed by atoms with Gasteiger partial charge in [0.15, 0.2) is 0 Å². The minimum absolute atomic E-state index is 0.101. The lowest BCUT2D eigenvalue weighted by Crippen LogP contribution is -2.23. The second kappa shape index (κ2) is 6.10. The molecule has 20 heavy (non-hydrogen) atoms. The summed E-state index contributed by atoms with van der Waals surface area (Å²) in [6, 6.07) is 14.5. The van der Waals surface area contributed by atoms with Crippen LogP contribution >= 0.6 is 0 Å². The molecule has 2 heteroatoms. The van der Waals surface area contributed by atoms with Crippen LogP contribution in [0.2, 0.25) is 0 Å². The van der Waals surface area contributed by atoms with Crippen molar-refractivity contribution in [3.8, 4) is 5.75 Å².